The normalized spacial score (nSPS) is 10.4. The molecule has 0 saturated heterocycles. The number of halogens is 3. The fraction of sp³-hybridized carbons (Fsp3) is 0.176. The maximum absolute atomic E-state index is 11.9. The highest BCUT2D eigenvalue weighted by molar-refractivity contribution is 8.00. The molecule has 4 nitrogen and oxygen atoms in total. The third-order valence-corrected chi connectivity index (χ3v) is 5.20. The number of amides is 2. The molecule has 132 valence electrons. The Hall–Kier alpha value is -1.40. The van der Waals surface area contributed by atoms with Crippen molar-refractivity contribution >= 4 is 69.8 Å². The standard InChI is InChI=1S/C17H15Cl3N2O2S/c1-10-2-3-11(6-14(10)19)21-16(23)8-25-9-17(24)22-12-4-5-13(18)15(20)7-12/h2-7H,8-9H2,1H3,(H,21,23)(H,22,24). The SMILES string of the molecule is Cc1ccc(NC(=O)CSCC(=O)Nc2ccc(Cl)c(Cl)c2)cc1Cl. The molecule has 2 aromatic carbocycles. The van der Waals surface area contributed by atoms with Crippen LogP contribution in [0.15, 0.2) is 36.4 Å². The van der Waals surface area contributed by atoms with Gasteiger partial charge in [-0.1, -0.05) is 40.9 Å². The molecule has 0 aromatic heterocycles. The van der Waals surface area contributed by atoms with Crippen molar-refractivity contribution in [3.8, 4) is 0 Å². The van der Waals surface area contributed by atoms with Gasteiger partial charge in [-0.15, -0.1) is 11.8 Å². The second-order valence-corrected chi connectivity index (χ2v) is 7.39. The first-order valence-corrected chi connectivity index (χ1v) is 9.52. The van der Waals surface area contributed by atoms with E-state index < -0.39 is 0 Å². The first-order valence-electron chi connectivity index (χ1n) is 7.24. The van der Waals surface area contributed by atoms with Gasteiger partial charge in [0.1, 0.15) is 0 Å². The van der Waals surface area contributed by atoms with Crippen LogP contribution in [-0.4, -0.2) is 23.3 Å². The Labute approximate surface area is 165 Å². The minimum atomic E-state index is -0.227. The lowest BCUT2D eigenvalue weighted by atomic mass is 10.2. The van der Waals surface area contributed by atoms with Crippen molar-refractivity contribution in [2.75, 3.05) is 22.1 Å². The van der Waals surface area contributed by atoms with Crippen molar-refractivity contribution in [1.82, 2.24) is 0 Å². The first kappa shape index (κ1) is 19.9. The number of carbonyl (C=O) groups excluding carboxylic acids is 2. The zero-order valence-electron chi connectivity index (χ0n) is 13.2. The summed E-state index contributed by atoms with van der Waals surface area (Å²) >= 11 is 18.9. The zero-order chi connectivity index (χ0) is 18.4. The molecule has 0 atom stereocenters. The van der Waals surface area contributed by atoms with Crippen molar-refractivity contribution in [1.29, 1.82) is 0 Å². The first-order chi connectivity index (χ1) is 11.8. The molecule has 0 aliphatic carbocycles. The van der Waals surface area contributed by atoms with E-state index in [0.29, 0.717) is 26.4 Å². The van der Waals surface area contributed by atoms with Gasteiger partial charge in [-0.2, -0.15) is 0 Å². The third-order valence-electron chi connectivity index (χ3n) is 3.13. The van der Waals surface area contributed by atoms with E-state index in [1.807, 2.05) is 13.0 Å². The molecule has 0 unspecified atom stereocenters. The molecule has 0 aliphatic heterocycles. The highest BCUT2D eigenvalue weighted by Gasteiger charge is 2.08. The molecule has 0 fully saturated rings. The Balaban J connectivity index is 1.75. The second kappa shape index (κ2) is 9.34. The average Bonchev–Trinajstić information content (AvgIpc) is 2.54. The summed E-state index contributed by atoms with van der Waals surface area (Å²) in [7, 11) is 0. The van der Waals surface area contributed by atoms with Gasteiger partial charge < -0.3 is 10.6 Å². The maximum Gasteiger partial charge on any atom is 0.234 e. The van der Waals surface area contributed by atoms with E-state index in [-0.39, 0.29) is 23.3 Å². The van der Waals surface area contributed by atoms with Gasteiger partial charge in [0, 0.05) is 16.4 Å². The molecule has 0 radical (unpaired) electrons. The highest BCUT2D eigenvalue weighted by atomic mass is 35.5. The molecular formula is C17H15Cl3N2O2S. The minimum absolute atomic E-state index is 0.141. The molecule has 0 spiro atoms. The van der Waals surface area contributed by atoms with E-state index >= 15 is 0 Å². The molecule has 2 amide bonds. The van der Waals surface area contributed by atoms with Crippen LogP contribution in [0.2, 0.25) is 15.1 Å². The lowest BCUT2D eigenvalue weighted by molar-refractivity contribution is -0.114. The fourth-order valence-corrected chi connectivity index (χ4v) is 2.97. The molecular weight excluding hydrogens is 403 g/mol. The van der Waals surface area contributed by atoms with Crippen LogP contribution in [0.4, 0.5) is 11.4 Å². The number of thioether (sulfide) groups is 1. The third kappa shape index (κ3) is 6.44. The minimum Gasteiger partial charge on any atom is -0.325 e. The van der Waals surface area contributed by atoms with Crippen LogP contribution < -0.4 is 10.6 Å². The molecule has 0 heterocycles. The Morgan fingerprint density at radius 1 is 0.840 bits per heavy atom. The van der Waals surface area contributed by atoms with Crippen LogP contribution in [0, 0.1) is 6.92 Å². The summed E-state index contributed by atoms with van der Waals surface area (Å²) in [6.45, 7) is 1.89. The summed E-state index contributed by atoms with van der Waals surface area (Å²) in [6, 6.07) is 10.1. The van der Waals surface area contributed by atoms with Gasteiger partial charge in [0.15, 0.2) is 0 Å². The van der Waals surface area contributed by atoms with Crippen LogP contribution in [0.5, 0.6) is 0 Å². The van der Waals surface area contributed by atoms with E-state index in [2.05, 4.69) is 10.6 Å². The number of nitrogens with one attached hydrogen (secondary N) is 2. The van der Waals surface area contributed by atoms with Gasteiger partial charge in [0.05, 0.1) is 21.6 Å². The van der Waals surface area contributed by atoms with Crippen molar-refractivity contribution in [2.45, 2.75) is 6.92 Å². The Kier molecular flexibility index (Phi) is 7.44. The predicted molar refractivity (Wildman–Crippen MR) is 107 cm³/mol. The second-order valence-electron chi connectivity index (χ2n) is 5.18. The van der Waals surface area contributed by atoms with E-state index in [9.17, 15) is 9.59 Å². The molecule has 0 bridgehead atoms. The van der Waals surface area contributed by atoms with E-state index in [1.54, 1.807) is 30.3 Å². The zero-order valence-corrected chi connectivity index (χ0v) is 16.3. The smallest absolute Gasteiger partial charge is 0.234 e. The monoisotopic (exact) mass is 416 g/mol. The number of benzene rings is 2. The molecule has 8 heteroatoms. The lowest BCUT2D eigenvalue weighted by Crippen LogP contribution is -2.18. The van der Waals surface area contributed by atoms with Gasteiger partial charge in [-0.25, -0.2) is 0 Å². The summed E-state index contributed by atoms with van der Waals surface area (Å²) in [6.07, 6.45) is 0. The van der Waals surface area contributed by atoms with Crippen LogP contribution in [0.25, 0.3) is 0 Å². The summed E-state index contributed by atoms with van der Waals surface area (Å²) in [4.78, 5) is 23.8. The number of hydrogen-bond donors (Lipinski definition) is 2. The number of anilines is 2. The summed E-state index contributed by atoms with van der Waals surface area (Å²) in [5.74, 6) is -0.135. The number of hydrogen-bond acceptors (Lipinski definition) is 3. The van der Waals surface area contributed by atoms with Crippen molar-refractivity contribution < 1.29 is 9.59 Å². The highest BCUT2D eigenvalue weighted by Crippen LogP contribution is 2.25. The van der Waals surface area contributed by atoms with Crippen molar-refractivity contribution in [2.24, 2.45) is 0 Å². The Morgan fingerprint density at radius 3 is 1.88 bits per heavy atom. The van der Waals surface area contributed by atoms with Crippen LogP contribution in [0.3, 0.4) is 0 Å². The number of aryl methyl sites for hydroxylation is 1. The van der Waals surface area contributed by atoms with Gasteiger partial charge in [-0.05, 0) is 42.8 Å². The van der Waals surface area contributed by atoms with Crippen LogP contribution in [-0.2, 0) is 9.59 Å². The summed E-state index contributed by atoms with van der Waals surface area (Å²) < 4.78 is 0. The van der Waals surface area contributed by atoms with Crippen molar-refractivity contribution in [3.05, 3.63) is 57.0 Å². The van der Waals surface area contributed by atoms with Gasteiger partial charge in [0.2, 0.25) is 11.8 Å². The van der Waals surface area contributed by atoms with Gasteiger partial charge in [-0.3, -0.25) is 9.59 Å². The van der Waals surface area contributed by atoms with E-state index in [1.165, 1.54) is 11.8 Å². The molecule has 0 saturated carbocycles. The molecule has 2 N–H and O–H groups in total. The lowest BCUT2D eigenvalue weighted by Gasteiger charge is -2.08. The van der Waals surface area contributed by atoms with E-state index in [0.717, 1.165) is 5.56 Å². The Bertz CT molecular complexity index is 734. The van der Waals surface area contributed by atoms with Gasteiger partial charge >= 0.3 is 0 Å². The topological polar surface area (TPSA) is 58.2 Å². The molecule has 2 aromatic rings. The molecule has 25 heavy (non-hydrogen) atoms. The van der Waals surface area contributed by atoms with E-state index in [4.69, 9.17) is 34.8 Å². The maximum atomic E-state index is 11.9. The average molecular weight is 418 g/mol. The van der Waals surface area contributed by atoms with Crippen LogP contribution in [0.1, 0.15) is 5.56 Å². The van der Waals surface area contributed by atoms with Crippen LogP contribution >= 0.6 is 46.6 Å². The number of carbonyl (C=O) groups is 2. The molecule has 0 aliphatic rings. The summed E-state index contributed by atoms with van der Waals surface area (Å²) in [5.41, 5.74) is 2.12. The fourth-order valence-electron chi connectivity index (χ4n) is 1.88. The number of rotatable bonds is 6. The van der Waals surface area contributed by atoms with Gasteiger partial charge in [0.25, 0.3) is 0 Å². The quantitative estimate of drug-likeness (QED) is 0.673. The summed E-state index contributed by atoms with van der Waals surface area (Å²) in [5, 5.41) is 6.81. The molecule has 2 rings (SSSR count). The Morgan fingerprint density at radius 2 is 1.36 bits per heavy atom. The predicted octanol–water partition coefficient (Wildman–Crippen LogP) is 5.27. The largest absolute Gasteiger partial charge is 0.325 e. The van der Waals surface area contributed by atoms with Crippen molar-refractivity contribution in [3.63, 3.8) is 0 Å².